The first-order valence-corrected chi connectivity index (χ1v) is 7.45. The van der Waals surface area contributed by atoms with Crippen LogP contribution in [0.3, 0.4) is 0 Å². The SMILES string of the molecule is CC1C(=O)NCCCN1C(=O)CCOC1CCOCC1. The summed E-state index contributed by atoms with van der Waals surface area (Å²) in [6, 6.07) is -0.381. The van der Waals surface area contributed by atoms with Crippen LogP contribution in [-0.2, 0) is 19.1 Å². The van der Waals surface area contributed by atoms with Crippen LogP contribution in [0.4, 0.5) is 0 Å². The summed E-state index contributed by atoms with van der Waals surface area (Å²) in [5.74, 6) is -0.0668. The fourth-order valence-corrected chi connectivity index (χ4v) is 2.58. The van der Waals surface area contributed by atoms with Gasteiger partial charge in [-0.3, -0.25) is 9.59 Å². The Morgan fingerprint density at radius 2 is 2.20 bits per heavy atom. The van der Waals surface area contributed by atoms with Crippen LogP contribution in [0.15, 0.2) is 0 Å². The van der Waals surface area contributed by atoms with E-state index in [-0.39, 0.29) is 24.0 Å². The van der Waals surface area contributed by atoms with Crippen LogP contribution in [0.2, 0.25) is 0 Å². The van der Waals surface area contributed by atoms with Gasteiger partial charge in [0.15, 0.2) is 0 Å². The Morgan fingerprint density at radius 1 is 1.45 bits per heavy atom. The molecule has 2 rings (SSSR count). The van der Waals surface area contributed by atoms with E-state index in [9.17, 15) is 9.59 Å². The molecule has 20 heavy (non-hydrogen) atoms. The highest BCUT2D eigenvalue weighted by Gasteiger charge is 2.27. The van der Waals surface area contributed by atoms with E-state index in [1.807, 2.05) is 0 Å². The van der Waals surface area contributed by atoms with Crippen molar-refractivity contribution < 1.29 is 19.1 Å². The number of carbonyl (C=O) groups excluding carboxylic acids is 2. The molecule has 6 nitrogen and oxygen atoms in total. The maximum absolute atomic E-state index is 12.2. The fourth-order valence-electron chi connectivity index (χ4n) is 2.58. The van der Waals surface area contributed by atoms with E-state index in [0.717, 1.165) is 32.5 Å². The molecule has 0 aromatic rings. The number of hydrogen-bond acceptors (Lipinski definition) is 4. The number of carbonyl (C=O) groups is 2. The monoisotopic (exact) mass is 284 g/mol. The second-order valence-corrected chi connectivity index (χ2v) is 5.34. The normalized spacial score (nSPS) is 25.1. The number of hydrogen-bond donors (Lipinski definition) is 1. The van der Waals surface area contributed by atoms with Gasteiger partial charge < -0.3 is 19.7 Å². The van der Waals surface area contributed by atoms with Crippen molar-refractivity contribution in [1.82, 2.24) is 10.2 Å². The predicted octanol–water partition coefficient (Wildman–Crippen LogP) is 0.309. The van der Waals surface area contributed by atoms with E-state index in [0.29, 0.717) is 26.1 Å². The van der Waals surface area contributed by atoms with Crippen LogP contribution >= 0.6 is 0 Å². The van der Waals surface area contributed by atoms with Crippen LogP contribution < -0.4 is 5.32 Å². The van der Waals surface area contributed by atoms with Gasteiger partial charge in [-0.1, -0.05) is 0 Å². The van der Waals surface area contributed by atoms with Gasteiger partial charge in [-0.2, -0.15) is 0 Å². The Morgan fingerprint density at radius 3 is 2.95 bits per heavy atom. The first-order valence-electron chi connectivity index (χ1n) is 7.45. The van der Waals surface area contributed by atoms with Crippen molar-refractivity contribution in [1.29, 1.82) is 0 Å². The van der Waals surface area contributed by atoms with Crippen molar-refractivity contribution >= 4 is 11.8 Å². The molecule has 0 bridgehead atoms. The molecule has 1 N–H and O–H groups in total. The molecule has 0 radical (unpaired) electrons. The summed E-state index contributed by atoms with van der Waals surface area (Å²) < 4.78 is 11.0. The van der Waals surface area contributed by atoms with Gasteiger partial charge in [0.05, 0.1) is 19.1 Å². The molecular weight excluding hydrogens is 260 g/mol. The summed E-state index contributed by atoms with van der Waals surface area (Å²) >= 11 is 0. The Labute approximate surface area is 119 Å². The summed E-state index contributed by atoms with van der Waals surface area (Å²) in [6.07, 6.45) is 3.16. The van der Waals surface area contributed by atoms with Crippen LogP contribution in [0.5, 0.6) is 0 Å². The number of rotatable bonds is 4. The molecule has 2 amide bonds. The zero-order chi connectivity index (χ0) is 14.4. The summed E-state index contributed by atoms with van der Waals surface area (Å²) in [4.78, 5) is 25.6. The molecule has 2 aliphatic heterocycles. The van der Waals surface area contributed by atoms with Gasteiger partial charge in [0.25, 0.3) is 0 Å². The number of amides is 2. The molecular formula is C14H24N2O4. The Bertz CT molecular complexity index is 342. The number of nitrogens with one attached hydrogen (secondary N) is 1. The summed E-state index contributed by atoms with van der Waals surface area (Å²) in [6.45, 7) is 4.96. The minimum Gasteiger partial charge on any atom is -0.381 e. The largest absolute Gasteiger partial charge is 0.381 e. The quantitative estimate of drug-likeness (QED) is 0.807. The first-order chi connectivity index (χ1) is 9.68. The molecule has 1 atom stereocenters. The van der Waals surface area contributed by atoms with Crippen molar-refractivity contribution in [3.05, 3.63) is 0 Å². The Hall–Kier alpha value is -1.14. The lowest BCUT2D eigenvalue weighted by Gasteiger charge is -2.26. The van der Waals surface area contributed by atoms with Gasteiger partial charge in [-0.15, -0.1) is 0 Å². The zero-order valence-corrected chi connectivity index (χ0v) is 12.1. The molecule has 1 unspecified atom stereocenters. The highest BCUT2D eigenvalue weighted by molar-refractivity contribution is 5.87. The topological polar surface area (TPSA) is 67.9 Å². The molecule has 0 saturated carbocycles. The van der Waals surface area contributed by atoms with Gasteiger partial charge in [0.1, 0.15) is 6.04 Å². The zero-order valence-electron chi connectivity index (χ0n) is 12.1. The average Bonchev–Trinajstić information content (AvgIpc) is 2.63. The molecule has 0 spiro atoms. The van der Waals surface area contributed by atoms with E-state index in [2.05, 4.69) is 5.32 Å². The number of ether oxygens (including phenoxy) is 2. The molecule has 114 valence electrons. The second kappa shape index (κ2) is 7.59. The first kappa shape index (κ1) is 15.3. The molecule has 2 fully saturated rings. The molecule has 2 saturated heterocycles. The minimum absolute atomic E-state index is 0.00149. The lowest BCUT2D eigenvalue weighted by molar-refractivity contribution is -0.140. The summed E-state index contributed by atoms with van der Waals surface area (Å²) in [5.41, 5.74) is 0. The van der Waals surface area contributed by atoms with Crippen LogP contribution in [-0.4, -0.2) is 61.8 Å². The highest BCUT2D eigenvalue weighted by atomic mass is 16.5. The summed E-state index contributed by atoms with van der Waals surface area (Å²) in [7, 11) is 0. The minimum atomic E-state index is -0.381. The van der Waals surface area contributed by atoms with Gasteiger partial charge in [0, 0.05) is 26.3 Å². The third kappa shape index (κ3) is 4.18. The molecule has 2 aliphatic rings. The van der Waals surface area contributed by atoms with Crippen LogP contribution in [0.25, 0.3) is 0 Å². The lowest BCUT2D eigenvalue weighted by atomic mass is 10.1. The predicted molar refractivity (Wildman–Crippen MR) is 73.2 cm³/mol. The lowest BCUT2D eigenvalue weighted by Crippen LogP contribution is -2.45. The van der Waals surface area contributed by atoms with Crippen molar-refractivity contribution in [2.45, 2.75) is 44.8 Å². The number of nitrogens with zero attached hydrogens (tertiary/aromatic N) is 1. The summed E-state index contributed by atoms with van der Waals surface area (Å²) in [5, 5.41) is 2.81. The maximum atomic E-state index is 12.2. The molecule has 6 heteroatoms. The molecule has 0 aromatic heterocycles. The van der Waals surface area contributed by atoms with E-state index >= 15 is 0 Å². The molecule has 0 aliphatic carbocycles. The van der Waals surface area contributed by atoms with E-state index in [1.165, 1.54) is 0 Å². The van der Waals surface area contributed by atoms with Crippen LogP contribution in [0.1, 0.15) is 32.6 Å². The van der Waals surface area contributed by atoms with Gasteiger partial charge in [0.2, 0.25) is 11.8 Å². The van der Waals surface area contributed by atoms with E-state index < -0.39 is 0 Å². The van der Waals surface area contributed by atoms with E-state index in [1.54, 1.807) is 11.8 Å². The van der Waals surface area contributed by atoms with Crippen molar-refractivity contribution in [2.75, 3.05) is 32.9 Å². The van der Waals surface area contributed by atoms with Crippen molar-refractivity contribution in [2.24, 2.45) is 0 Å². The third-order valence-corrected chi connectivity index (χ3v) is 3.88. The van der Waals surface area contributed by atoms with Crippen molar-refractivity contribution in [3.63, 3.8) is 0 Å². The maximum Gasteiger partial charge on any atom is 0.242 e. The average molecular weight is 284 g/mol. The Balaban J connectivity index is 1.74. The Kier molecular flexibility index (Phi) is 5.79. The van der Waals surface area contributed by atoms with Gasteiger partial charge >= 0.3 is 0 Å². The molecule has 0 aromatic carbocycles. The van der Waals surface area contributed by atoms with E-state index in [4.69, 9.17) is 9.47 Å². The van der Waals surface area contributed by atoms with Crippen LogP contribution in [0, 0.1) is 0 Å². The second-order valence-electron chi connectivity index (χ2n) is 5.34. The highest BCUT2D eigenvalue weighted by Crippen LogP contribution is 2.12. The van der Waals surface area contributed by atoms with Crippen molar-refractivity contribution in [3.8, 4) is 0 Å². The smallest absolute Gasteiger partial charge is 0.242 e. The van der Waals surface area contributed by atoms with Gasteiger partial charge in [-0.05, 0) is 26.2 Å². The fraction of sp³-hybridized carbons (Fsp3) is 0.857. The standard InChI is InChI=1S/C14H24N2O4/c1-11-14(18)15-6-2-7-16(11)13(17)5-10-20-12-3-8-19-9-4-12/h11-12H,2-10H2,1H3,(H,15,18). The third-order valence-electron chi connectivity index (χ3n) is 3.88. The van der Waals surface area contributed by atoms with Gasteiger partial charge in [-0.25, -0.2) is 0 Å². The molecule has 2 heterocycles.